The van der Waals surface area contributed by atoms with Gasteiger partial charge in [0, 0.05) is 38.1 Å². The number of aromatic nitrogens is 2. The summed E-state index contributed by atoms with van der Waals surface area (Å²) in [6.07, 6.45) is 5.30. The molecule has 0 spiro atoms. The minimum Gasteiger partial charge on any atom is -0.468 e. The van der Waals surface area contributed by atoms with Crippen molar-refractivity contribution in [2.24, 2.45) is 5.92 Å². The van der Waals surface area contributed by atoms with E-state index in [-0.39, 0.29) is 11.9 Å². The van der Waals surface area contributed by atoms with Gasteiger partial charge in [0.25, 0.3) is 5.91 Å². The first-order chi connectivity index (χ1) is 13.6. The second kappa shape index (κ2) is 8.06. The van der Waals surface area contributed by atoms with Crippen molar-refractivity contribution in [3.63, 3.8) is 0 Å². The molecule has 3 aromatic heterocycles. The monoisotopic (exact) mass is 382 g/mol. The molecule has 1 saturated heterocycles. The van der Waals surface area contributed by atoms with Crippen molar-refractivity contribution in [2.45, 2.75) is 33.0 Å². The average molecular weight is 382 g/mol. The molecular formula is C21H26N4O3. The normalized spacial score (nSPS) is 18.1. The molecule has 7 heteroatoms. The average Bonchev–Trinajstić information content (AvgIpc) is 3.44. The van der Waals surface area contributed by atoms with E-state index in [1.54, 1.807) is 23.2 Å². The first kappa shape index (κ1) is 18.6. The zero-order valence-electron chi connectivity index (χ0n) is 16.3. The number of hydrogen-bond acceptors (Lipinski definition) is 5. The molecule has 0 unspecified atom stereocenters. The van der Waals surface area contributed by atoms with Gasteiger partial charge < -0.3 is 13.7 Å². The Bertz CT molecular complexity index is 883. The number of nitrogens with zero attached hydrogens (tertiary/aromatic N) is 4. The number of furan rings is 2. The van der Waals surface area contributed by atoms with Crippen LogP contribution in [0.3, 0.4) is 0 Å². The zero-order valence-corrected chi connectivity index (χ0v) is 16.3. The summed E-state index contributed by atoms with van der Waals surface area (Å²) in [6, 6.07) is 9.53. The molecule has 0 aromatic carbocycles. The van der Waals surface area contributed by atoms with Crippen molar-refractivity contribution in [3.05, 3.63) is 66.3 Å². The van der Waals surface area contributed by atoms with Crippen LogP contribution in [0.5, 0.6) is 0 Å². The standard InChI is InChI=1S/C21H26N4O3/c1-16(2)19-15-23(13-17-5-3-12-27-17)10-11-25(19)21(26)20-7-6-18(28-20)14-24-9-4-8-22-24/h3-9,12,16,19H,10-11,13-15H2,1-2H3/t19-/m1/s1. The van der Waals surface area contributed by atoms with Crippen LogP contribution in [0.1, 0.15) is 35.9 Å². The second-order valence-electron chi connectivity index (χ2n) is 7.59. The van der Waals surface area contributed by atoms with Gasteiger partial charge in [-0.1, -0.05) is 13.8 Å². The third-order valence-corrected chi connectivity index (χ3v) is 5.24. The van der Waals surface area contributed by atoms with Gasteiger partial charge in [0.15, 0.2) is 5.76 Å². The van der Waals surface area contributed by atoms with Crippen molar-refractivity contribution < 1.29 is 13.6 Å². The molecule has 1 aliphatic heterocycles. The van der Waals surface area contributed by atoms with Crippen molar-refractivity contribution in [2.75, 3.05) is 19.6 Å². The lowest BCUT2D eigenvalue weighted by atomic mass is 9.99. The minimum absolute atomic E-state index is 0.0388. The molecule has 1 aliphatic rings. The summed E-state index contributed by atoms with van der Waals surface area (Å²) in [5.41, 5.74) is 0. The van der Waals surface area contributed by atoms with E-state index in [1.165, 1.54) is 0 Å². The van der Waals surface area contributed by atoms with Crippen molar-refractivity contribution in [1.82, 2.24) is 19.6 Å². The molecule has 1 atom stereocenters. The molecule has 3 aromatic rings. The molecular weight excluding hydrogens is 356 g/mol. The lowest BCUT2D eigenvalue weighted by Crippen LogP contribution is -2.56. The Kier molecular flexibility index (Phi) is 5.34. The van der Waals surface area contributed by atoms with Crippen LogP contribution in [0.25, 0.3) is 0 Å². The maximum absolute atomic E-state index is 13.1. The molecule has 4 heterocycles. The largest absolute Gasteiger partial charge is 0.468 e. The molecule has 0 N–H and O–H groups in total. The molecule has 148 valence electrons. The quantitative estimate of drug-likeness (QED) is 0.655. The van der Waals surface area contributed by atoms with E-state index < -0.39 is 0 Å². The van der Waals surface area contributed by atoms with Crippen molar-refractivity contribution in [1.29, 1.82) is 0 Å². The van der Waals surface area contributed by atoms with E-state index in [0.29, 0.717) is 24.8 Å². The summed E-state index contributed by atoms with van der Waals surface area (Å²) in [7, 11) is 0. The van der Waals surface area contributed by atoms with Gasteiger partial charge in [-0.05, 0) is 36.2 Å². The lowest BCUT2D eigenvalue weighted by molar-refractivity contribution is 0.0287. The molecule has 0 radical (unpaired) electrons. The lowest BCUT2D eigenvalue weighted by Gasteiger charge is -2.42. The van der Waals surface area contributed by atoms with Crippen LogP contribution in [0.15, 0.2) is 57.8 Å². The van der Waals surface area contributed by atoms with Gasteiger partial charge in [-0.3, -0.25) is 14.4 Å². The molecule has 0 aliphatic carbocycles. The van der Waals surface area contributed by atoms with Gasteiger partial charge in [0.05, 0.1) is 19.4 Å². The molecule has 7 nitrogen and oxygen atoms in total. The summed E-state index contributed by atoms with van der Waals surface area (Å²) in [4.78, 5) is 17.4. The van der Waals surface area contributed by atoms with Crippen LogP contribution >= 0.6 is 0 Å². The fourth-order valence-corrected chi connectivity index (χ4v) is 3.73. The Balaban J connectivity index is 1.43. The fourth-order valence-electron chi connectivity index (χ4n) is 3.73. The smallest absolute Gasteiger partial charge is 0.289 e. The molecule has 1 fully saturated rings. The van der Waals surface area contributed by atoms with Crippen LogP contribution in [-0.2, 0) is 13.1 Å². The SMILES string of the molecule is CC(C)[C@H]1CN(Cc2ccco2)CCN1C(=O)c1ccc(Cn2cccn2)o1. The van der Waals surface area contributed by atoms with E-state index in [2.05, 4.69) is 23.8 Å². The van der Waals surface area contributed by atoms with Gasteiger partial charge >= 0.3 is 0 Å². The molecule has 4 rings (SSSR count). The second-order valence-corrected chi connectivity index (χ2v) is 7.59. The Morgan fingerprint density at radius 3 is 2.79 bits per heavy atom. The van der Waals surface area contributed by atoms with E-state index in [9.17, 15) is 4.79 Å². The summed E-state index contributed by atoms with van der Waals surface area (Å²) < 4.78 is 13.1. The Labute approximate surface area is 164 Å². The number of carbonyl (C=O) groups excluding carboxylic acids is 1. The molecule has 0 saturated carbocycles. The van der Waals surface area contributed by atoms with Crippen LogP contribution in [0.4, 0.5) is 0 Å². The number of rotatable bonds is 6. The van der Waals surface area contributed by atoms with Crippen LogP contribution < -0.4 is 0 Å². The van der Waals surface area contributed by atoms with E-state index in [0.717, 1.165) is 31.2 Å². The van der Waals surface area contributed by atoms with E-state index in [4.69, 9.17) is 8.83 Å². The number of amides is 1. The summed E-state index contributed by atoms with van der Waals surface area (Å²) in [6.45, 7) is 7.93. The van der Waals surface area contributed by atoms with Crippen LogP contribution in [0, 0.1) is 5.92 Å². The highest BCUT2D eigenvalue weighted by Gasteiger charge is 2.34. The fraction of sp³-hybridized carbons (Fsp3) is 0.429. The predicted octanol–water partition coefficient (Wildman–Crippen LogP) is 3.10. The zero-order chi connectivity index (χ0) is 19.5. The van der Waals surface area contributed by atoms with Crippen molar-refractivity contribution in [3.8, 4) is 0 Å². The van der Waals surface area contributed by atoms with Gasteiger partial charge in [-0.25, -0.2) is 0 Å². The number of piperazine rings is 1. The number of hydrogen-bond donors (Lipinski definition) is 0. The van der Waals surface area contributed by atoms with Gasteiger partial charge in [-0.15, -0.1) is 0 Å². The summed E-state index contributed by atoms with van der Waals surface area (Å²) in [5.74, 6) is 2.39. The van der Waals surface area contributed by atoms with Gasteiger partial charge in [-0.2, -0.15) is 5.10 Å². The summed E-state index contributed by atoms with van der Waals surface area (Å²) >= 11 is 0. The maximum atomic E-state index is 13.1. The summed E-state index contributed by atoms with van der Waals surface area (Å²) in [5, 5.41) is 4.18. The highest BCUT2D eigenvalue weighted by Crippen LogP contribution is 2.22. The first-order valence-corrected chi connectivity index (χ1v) is 9.72. The Morgan fingerprint density at radius 2 is 2.07 bits per heavy atom. The maximum Gasteiger partial charge on any atom is 0.289 e. The van der Waals surface area contributed by atoms with E-state index >= 15 is 0 Å². The van der Waals surface area contributed by atoms with Crippen LogP contribution in [-0.4, -0.2) is 51.2 Å². The number of carbonyl (C=O) groups is 1. The molecule has 0 bridgehead atoms. The van der Waals surface area contributed by atoms with Crippen LogP contribution in [0.2, 0.25) is 0 Å². The topological polar surface area (TPSA) is 67.7 Å². The van der Waals surface area contributed by atoms with E-state index in [1.807, 2.05) is 35.4 Å². The predicted molar refractivity (Wildman–Crippen MR) is 104 cm³/mol. The van der Waals surface area contributed by atoms with Gasteiger partial charge in [0.2, 0.25) is 0 Å². The van der Waals surface area contributed by atoms with Crippen molar-refractivity contribution >= 4 is 5.91 Å². The van der Waals surface area contributed by atoms with Gasteiger partial charge in [0.1, 0.15) is 11.5 Å². The molecule has 28 heavy (non-hydrogen) atoms. The third-order valence-electron chi connectivity index (χ3n) is 5.24. The first-order valence-electron chi connectivity index (χ1n) is 9.72. The Hall–Kier alpha value is -2.80. The third kappa shape index (κ3) is 4.04. The highest BCUT2D eigenvalue weighted by molar-refractivity contribution is 5.91. The Morgan fingerprint density at radius 1 is 1.18 bits per heavy atom. The highest BCUT2D eigenvalue weighted by atomic mass is 16.4. The minimum atomic E-state index is -0.0388. The molecule has 1 amide bonds.